The van der Waals surface area contributed by atoms with E-state index in [1.807, 2.05) is 13.1 Å². The number of aromatic amines is 1. The van der Waals surface area contributed by atoms with Crippen molar-refractivity contribution < 1.29 is 0 Å². The Labute approximate surface area is 74.6 Å². The van der Waals surface area contributed by atoms with E-state index in [9.17, 15) is 4.79 Å². The van der Waals surface area contributed by atoms with Gasteiger partial charge in [-0.25, -0.2) is 0 Å². The molecule has 0 aliphatic heterocycles. The highest BCUT2D eigenvalue weighted by molar-refractivity contribution is 5.52. The van der Waals surface area contributed by atoms with Crippen molar-refractivity contribution in [3.05, 3.63) is 28.7 Å². The molecule has 0 radical (unpaired) electrons. The second kappa shape index (κ2) is 2.62. The van der Waals surface area contributed by atoms with Crippen LogP contribution in [-0.4, -0.2) is 19.6 Å². The molecule has 0 unspecified atom stereocenters. The summed E-state index contributed by atoms with van der Waals surface area (Å²) in [5.41, 5.74) is 1.64. The number of aryl methyl sites for hydroxylation is 2. The first kappa shape index (κ1) is 7.85. The maximum atomic E-state index is 11.1. The SMILES string of the molecule is Cn1nccc1-c1cc(=O)n(C)[nH]1. The van der Waals surface area contributed by atoms with Crippen LogP contribution < -0.4 is 5.56 Å². The molecule has 2 rings (SSSR count). The van der Waals surface area contributed by atoms with Crippen molar-refractivity contribution in [2.24, 2.45) is 14.1 Å². The molecule has 0 aliphatic rings. The Morgan fingerprint density at radius 1 is 1.46 bits per heavy atom. The molecular formula is C8H10N4O. The quantitative estimate of drug-likeness (QED) is 0.674. The molecule has 2 heterocycles. The molecule has 0 spiro atoms. The Morgan fingerprint density at radius 2 is 2.23 bits per heavy atom. The van der Waals surface area contributed by atoms with Crippen LogP contribution in [0.4, 0.5) is 0 Å². The first-order valence-corrected chi connectivity index (χ1v) is 3.93. The first-order chi connectivity index (χ1) is 6.18. The van der Waals surface area contributed by atoms with Crippen LogP contribution >= 0.6 is 0 Å². The van der Waals surface area contributed by atoms with Gasteiger partial charge in [-0.1, -0.05) is 0 Å². The largest absolute Gasteiger partial charge is 0.294 e. The van der Waals surface area contributed by atoms with E-state index in [4.69, 9.17) is 0 Å². The topological polar surface area (TPSA) is 55.6 Å². The van der Waals surface area contributed by atoms with E-state index in [2.05, 4.69) is 10.2 Å². The molecule has 5 heteroatoms. The molecule has 0 aliphatic carbocycles. The van der Waals surface area contributed by atoms with Crippen molar-refractivity contribution in [1.29, 1.82) is 0 Å². The lowest BCUT2D eigenvalue weighted by Gasteiger charge is -1.96. The number of hydrogen-bond donors (Lipinski definition) is 1. The lowest BCUT2D eigenvalue weighted by atomic mass is 10.3. The van der Waals surface area contributed by atoms with Crippen molar-refractivity contribution in [3.63, 3.8) is 0 Å². The van der Waals surface area contributed by atoms with Gasteiger partial charge in [0.1, 0.15) is 0 Å². The van der Waals surface area contributed by atoms with E-state index in [1.54, 1.807) is 24.0 Å². The average molecular weight is 178 g/mol. The van der Waals surface area contributed by atoms with Crippen LogP contribution in [0.5, 0.6) is 0 Å². The number of aromatic nitrogens is 4. The Morgan fingerprint density at radius 3 is 2.69 bits per heavy atom. The zero-order valence-electron chi connectivity index (χ0n) is 7.48. The summed E-state index contributed by atoms with van der Waals surface area (Å²) in [6.45, 7) is 0. The molecule has 13 heavy (non-hydrogen) atoms. The molecule has 5 nitrogen and oxygen atoms in total. The van der Waals surface area contributed by atoms with Crippen LogP contribution in [0, 0.1) is 0 Å². The van der Waals surface area contributed by atoms with Crippen LogP contribution in [0.25, 0.3) is 11.4 Å². The number of rotatable bonds is 1. The smallest absolute Gasteiger partial charge is 0.266 e. The summed E-state index contributed by atoms with van der Waals surface area (Å²) in [5, 5.41) is 6.95. The fourth-order valence-electron chi connectivity index (χ4n) is 1.26. The molecule has 0 saturated heterocycles. The molecular weight excluding hydrogens is 168 g/mol. The van der Waals surface area contributed by atoms with Gasteiger partial charge in [-0.3, -0.25) is 19.3 Å². The van der Waals surface area contributed by atoms with Gasteiger partial charge in [-0.15, -0.1) is 0 Å². The molecule has 1 N–H and O–H groups in total. The highest BCUT2D eigenvalue weighted by Crippen LogP contribution is 2.12. The minimum Gasteiger partial charge on any atom is -0.294 e. The second-order valence-corrected chi connectivity index (χ2v) is 2.91. The maximum Gasteiger partial charge on any atom is 0.266 e. The third-order valence-electron chi connectivity index (χ3n) is 1.98. The van der Waals surface area contributed by atoms with E-state index in [0.29, 0.717) is 0 Å². The van der Waals surface area contributed by atoms with Gasteiger partial charge in [0, 0.05) is 26.4 Å². The van der Waals surface area contributed by atoms with Crippen molar-refractivity contribution in [3.8, 4) is 11.4 Å². The summed E-state index contributed by atoms with van der Waals surface area (Å²) in [5.74, 6) is 0. The summed E-state index contributed by atoms with van der Waals surface area (Å²) >= 11 is 0. The van der Waals surface area contributed by atoms with Crippen LogP contribution in [-0.2, 0) is 14.1 Å². The third kappa shape index (κ3) is 1.18. The first-order valence-electron chi connectivity index (χ1n) is 3.93. The summed E-state index contributed by atoms with van der Waals surface area (Å²) < 4.78 is 3.15. The van der Waals surface area contributed by atoms with Gasteiger partial charge in [-0.05, 0) is 6.07 Å². The summed E-state index contributed by atoms with van der Waals surface area (Å²) in [6.07, 6.45) is 1.70. The van der Waals surface area contributed by atoms with Crippen molar-refractivity contribution in [2.45, 2.75) is 0 Å². The van der Waals surface area contributed by atoms with Gasteiger partial charge in [-0.2, -0.15) is 5.10 Å². The van der Waals surface area contributed by atoms with Crippen LogP contribution in [0.1, 0.15) is 0 Å². The van der Waals surface area contributed by atoms with E-state index >= 15 is 0 Å². The Bertz CT molecular complexity index is 476. The van der Waals surface area contributed by atoms with Gasteiger partial charge in [0.15, 0.2) is 0 Å². The van der Waals surface area contributed by atoms with Gasteiger partial charge in [0.2, 0.25) is 0 Å². The lowest BCUT2D eigenvalue weighted by molar-refractivity contribution is 0.732. The Balaban J connectivity index is 2.59. The van der Waals surface area contributed by atoms with E-state index in [1.165, 1.54) is 4.68 Å². The number of nitrogens with zero attached hydrogens (tertiary/aromatic N) is 3. The molecule has 0 saturated carbocycles. The molecule has 68 valence electrons. The summed E-state index contributed by atoms with van der Waals surface area (Å²) in [6, 6.07) is 3.41. The fraction of sp³-hybridized carbons (Fsp3) is 0.250. The molecule has 2 aromatic rings. The van der Waals surface area contributed by atoms with Gasteiger partial charge >= 0.3 is 0 Å². The van der Waals surface area contributed by atoms with Gasteiger partial charge < -0.3 is 0 Å². The maximum absolute atomic E-state index is 11.1. The average Bonchev–Trinajstić information content (AvgIpc) is 2.60. The van der Waals surface area contributed by atoms with Crippen molar-refractivity contribution in [2.75, 3.05) is 0 Å². The molecule has 0 fully saturated rings. The summed E-state index contributed by atoms with van der Waals surface area (Å²) in [4.78, 5) is 11.1. The van der Waals surface area contributed by atoms with Crippen molar-refractivity contribution >= 4 is 0 Å². The van der Waals surface area contributed by atoms with Gasteiger partial charge in [0.05, 0.1) is 11.4 Å². The zero-order valence-corrected chi connectivity index (χ0v) is 7.48. The molecule has 0 bridgehead atoms. The van der Waals surface area contributed by atoms with Crippen LogP contribution in [0.2, 0.25) is 0 Å². The third-order valence-corrected chi connectivity index (χ3v) is 1.98. The number of nitrogens with one attached hydrogen (secondary N) is 1. The van der Waals surface area contributed by atoms with E-state index in [0.717, 1.165) is 11.4 Å². The normalized spacial score (nSPS) is 10.6. The number of H-pyrrole nitrogens is 1. The van der Waals surface area contributed by atoms with Gasteiger partial charge in [0.25, 0.3) is 5.56 Å². The van der Waals surface area contributed by atoms with Crippen LogP contribution in [0.15, 0.2) is 23.1 Å². The van der Waals surface area contributed by atoms with E-state index < -0.39 is 0 Å². The lowest BCUT2D eigenvalue weighted by Crippen LogP contribution is -2.09. The molecule has 2 aromatic heterocycles. The minimum atomic E-state index is -0.0452. The Kier molecular flexibility index (Phi) is 1.58. The Hall–Kier alpha value is -1.78. The minimum absolute atomic E-state index is 0.0452. The predicted molar refractivity (Wildman–Crippen MR) is 48.2 cm³/mol. The zero-order chi connectivity index (χ0) is 9.42. The predicted octanol–water partition coefficient (Wildman–Crippen LogP) is 0.114. The van der Waals surface area contributed by atoms with Crippen LogP contribution in [0.3, 0.4) is 0 Å². The monoisotopic (exact) mass is 178 g/mol. The molecule has 0 aromatic carbocycles. The molecule has 0 atom stereocenters. The summed E-state index contributed by atoms with van der Waals surface area (Å²) in [7, 11) is 3.52. The van der Waals surface area contributed by atoms with E-state index in [-0.39, 0.29) is 5.56 Å². The second-order valence-electron chi connectivity index (χ2n) is 2.91. The molecule has 0 amide bonds. The van der Waals surface area contributed by atoms with Crippen molar-refractivity contribution in [1.82, 2.24) is 19.6 Å². The highest BCUT2D eigenvalue weighted by atomic mass is 16.1. The standard InChI is InChI=1S/C8H10N4O/c1-11-7(3-4-9-11)6-5-8(13)12(2)10-6/h3-5,10H,1-2H3. The fourth-order valence-corrected chi connectivity index (χ4v) is 1.26. The number of hydrogen-bond acceptors (Lipinski definition) is 2. The highest BCUT2D eigenvalue weighted by Gasteiger charge is 2.05.